The summed E-state index contributed by atoms with van der Waals surface area (Å²) >= 11 is 0. The predicted molar refractivity (Wildman–Crippen MR) is 81.8 cm³/mol. The largest absolute Gasteiger partial charge is 0.486 e. The summed E-state index contributed by atoms with van der Waals surface area (Å²) in [4.78, 5) is 7.34. The number of H-pyrrole nitrogens is 1. The zero-order chi connectivity index (χ0) is 16.7. The molecule has 1 aliphatic rings. The molecule has 0 fully saturated rings. The number of aromatic amines is 1. The van der Waals surface area contributed by atoms with Crippen LogP contribution in [0.25, 0.3) is 11.0 Å². The molecule has 8 heteroatoms. The van der Waals surface area contributed by atoms with E-state index in [1.165, 1.54) is 6.07 Å². The van der Waals surface area contributed by atoms with Crippen LogP contribution >= 0.6 is 0 Å². The number of fused-ring (bicyclic) bond motifs is 2. The molecule has 0 radical (unpaired) electrons. The van der Waals surface area contributed by atoms with Crippen molar-refractivity contribution in [3.8, 4) is 11.5 Å². The maximum absolute atomic E-state index is 12.8. The number of anilines is 2. The van der Waals surface area contributed by atoms with Crippen LogP contribution in [0, 0.1) is 0 Å². The van der Waals surface area contributed by atoms with Crippen molar-refractivity contribution in [2.75, 3.05) is 18.5 Å². The fourth-order valence-electron chi connectivity index (χ4n) is 2.52. The number of imidazole rings is 1. The summed E-state index contributed by atoms with van der Waals surface area (Å²) in [6.07, 6.45) is -4.39. The standard InChI is InChI=1S/C16H12F3N3O2/c17-16(18,19)9-2-1-3-10(6-9)20-15-21-11-7-13-14(8-12(11)22-15)24-5-4-23-13/h1-3,6-8H,4-5H2,(H2,20,21,22). The third kappa shape index (κ3) is 2.70. The highest BCUT2D eigenvalue weighted by molar-refractivity contribution is 5.82. The molecule has 0 bridgehead atoms. The topological polar surface area (TPSA) is 59.2 Å². The van der Waals surface area contributed by atoms with E-state index in [0.717, 1.165) is 12.1 Å². The number of hydrogen-bond donors (Lipinski definition) is 2. The minimum Gasteiger partial charge on any atom is -0.486 e. The van der Waals surface area contributed by atoms with Gasteiger partial charge in [-0.1, -0.05) is 6.07 Å². The number of aromatic nitrogens is 2. The zero-order valence-corrected chi connectivity index (χ0v) is 12.3. The third-order valence-electron chi connectivity index (χ3n) is 3.60. The first-order valence-corrected chi connectivity index (χ1v) is 7.23. The lowest BCUT2D eigenvalue weighted by Gasteiger charge is -2.17. The van der Waals surface area contributed by atoms with E-state index in [9.17, 15) is 13.2 Å². The van der Waals surface area contributed by atoms with Crippen molar-refractivity contribution in [1.82, 2.24) is 9.97 Å². The summed E-state index contributed by atoms with van der Waals surface area (Å²) in [5.41, 5.74) is 0.907. The zero-order valence-electron chi connectivity index (χ0n) is 12.3. The third-order valence-corrected chi connectivity index (χ3v) is 3.60. The SMILES string of the molecule is FC(F)(F)c1cccc(Nc2nc3cc4c(cc3[nH]2)OCCO4)c1. The van der Waals surface area contributed by atoms with Crippen molar-refractivity contribution >= 4 is 22.7 Å². The first-order chi connectivity index (χ1) is 11.5. The number of ether oxygens (including phenoxy) is 2. The second-order valence-corrected chi connectivity index (χ2v) is 5.30. The molecule has 0 atom stereocenters. The smallest absolute Gasteiger partial charge is 0.416 e. The van der Waals surface area contributed by atoms with E-state index < -0.39 is 11.7 Å². The van der Waals surface area contributed by atoms with Crippen LogP contribution < -0.4 is 14.8 Å². The van der Waals surface area contributed by atoms with Crippen LogP contribution in [0.15, 0.2) is 36.4 Å². The highest BCUT2D eigenvalue weighted by Crippen LogP contribution is 2.35. The van der Waals surface area contributed by atoms with Gasteiger partial charge in [-0.3, -0.25) is 0 Å². The van der Waals surface area contributed by atoms with Gasteiger partial charge in [-0.15, -0.1) is 0 Å². The minimum atomic E-state index is -4.39. The molecule has 0 saturated carbocycles. The fraction of sp³-hybridized carbons (Fsp3) is 0.188. The molecule has 2 N–H and O–H groups in total. The summed E-state index contributed by atoms with van der Waals surface area (Å²) in [5, 5.41) is 2.85. The van der Waals surface area contributed by atoms with Crippen LogP contribution in [-0.2, 0) is 6.18 Å². The molecule has 3 aromatic rings. The Kier molecular flexibility index (Phi) is 3.26. The Labute approximate surface area is 134 Å². The number of nitrogens with zero attached hydrogens (tertiary/aromatic N) is 1. The number of halogens is 3. The molecule has 0 unspecified atom stereocenters. The number of rotatable bonds is 2. The maximum atomic E-state index is 12.8. The molecule has 0 amide bonds. The molecule has 0 saturated heterocycles. The van der Waals surface area contributed by atoms with Crippen LogP contribution in [0.2, 0.25) is 0 Å². The van der Waals surface area contributed by atoms with Crippen LogP contribution in [0.5, 0.6) is 11.5 Å². The summed E-state index contributed by atoms with van der Waals surface area (Å²) in [6, 6.07) is 8.43. The van der Waals surface area contributed by atoms with Crippen LogP contribution in [0.1, 0.15) is 5.56 Å². The van der Waals surface area contributed by atoms with Gasteiger partial charge in [0.25, 0.3) is 0 Å². The molecule has 2 heterocycles. The second-order valence-electron chi connectivity index (χ2n) is 5.30. The molecule has 5 nitrogen and oxygen atoms in total. The van der Waals surface area contributed by atoms with E-state index in [0.29, 0.717) is 47.4 Å². The van der Waals surface area contributed by atoms with Crippen molar-refractivity contribution < 1.29 is 22.6 Å². The van der Waals surface area contributed by atoms with Crippen molar-refractivity contribution in [2.24, 2.45) is 0 Å². The van der Waals surface area contributed by atoms with Crippen molar-refractivity contribution in [1.29, 1.82) is 0 Å². The van der Waals surface area contributed by atoms with Crippen LogP contribution in [0.4, 0.5) is 24.8 Å². The first kappa shape index (κ1) is 14.7. The first-order valence-electron chi connectivity index (χ1n) is 7.23. The molecule has 0 aliphatic carbocycles. The van der Waals surface area contributed by atoms with E-state index in [4.69, 9.17) is 9.47 Å². The molecule has 2 aromatic carbocycles. The van der Waals surface area contributed by atoms with Gasteiger partial charge >= 0.3 is 6.18 Å². The van der Waals surface area contributed by atoms with Gasteiger partial charge in [0.2, 0.25) is 5.95 Å². The second kappa shape index (κ2) is 5.33. The molecule has 24 heavy (non-hydrogen) atoms. The highest BCUT2D eigenvalue weighted by Gasteiger charge is 2.30. The Morgan fingerprint density at radius 2 is 1.79 bits per heavy atom. The van der Waals surface area contributed by atoms with Crippen LogP contribution in [0.3, 0.4) is 0 Å². The summed E-state index contributed by atoms with van der Waals surface area (Å²) in [5.74, 6) is 1.56. The van der Waals surface area contributed by atoms with E-state index in [1.807, 2.05) is 0 Å². The number of nitrogens with one attached hydrogen (secondary N) is 2. The Bertz CT molecular complexity index is 862. The van der Waals surface area contributed by atoms with E-state index in [2.05, 4.69) is 15.3 Å². The van der Waals surface area contributed by atoms with Gasteiger partial charge in [-0.25, -0.2) is 4.98 Å². The summed E-state index contributed by atoms with van der Waals surface area (Å²) in [7, 11) is 0. The van der Waals surface area contributed by atoms with Gasteiger partial charge < -0.3 is 19.8 Å². The summed E-state index contributed by atoms with van der Waals surface area (Å²) in [6.45, 7) is 0.945. The Morgan fingerprint density at radius 3 is 2.54 bits per heavy atom. The van der Waals surface area contributed by atoms with Crippen LogP contribution in [-0.4, -0.2) is 23.2 Å². The lowest BCUT2D eigenvalue weighted by atomic mass is 10.2. The molecule has 1 aromatic heterocycles. The van der Waals surface area contributed by atoms with Gasteiger partial charge in [0.05, 0.1) is 16.6 Å². The fourth-order valence-corrected chi connectivity index (χ4v) is 2.52. The minimum absolute atomic E-state index is 0.293. The Balaban J connectivity index is 1.65. The normalized spacial score (nSPS) is 14.0. The number of benzene rings is 2. The van der Waals surface area contributed by atoms with Crippen molar-refractivity contribution in [2.45, 2.75) is 6.18 Å². The van der Waals surface area contributed by atoms with Gasteiger partial charge in [-0.2, -0.15) is 13.2 Å². The van der Waals surface area contributed by atoms with Gasteiger partial charge in [0, 0.05) is 17.8 Å². The quantitative estimate of drug-likeness (QED) is 0.740. The Morgan fingerprint density at radius 1 is 1.04 bits per heavy atom. The average molecular weight is 335 g/mol. The molecule has 124 valence electrons. The molecular weight excluding hydrogens is 323 g/mol. The lowest BCUT2D eigenvalue weighted by molar-refractivity contribution is -0.137. The van der Waals surface area contributed by atoms with Crippen molar-refractivity contribution in [3.05, 3.63) is 42.0 Å². The maximum Gasteiger partial charge on any atom is 0.416 e. The number of hydrogen-bond acceptors (Lipinski definition) is 4. The molecule has 1 aliphatic heterocycles. The van der Waals surface area contributed by atoms with Gasteiger partial charge in [-0.05, 0) is 18.2 Å². The molecule has 0 spiro atoms. The predicted octanol–water partition coefficient (Wildman–Crippen LogP) is 4.10. The Hall–Kier alpha value is -2.90. The molecular formula is C16H12F3N3O2. The highest BCUT2D eigenvalue weighted by atomic mass is 19.4. The lowest BCUT2D eigenvalue weighted by Crippen LogP contribution is -2.15. The van der Waals surface area contributed by atoms with E-state index in [-0.39, 0.29) is 0 Å². The monoisotopic (exact) mass is 335 g/mol. The van der Waals surface area contributed by atoms with E-state index >= 15 is 0 Å². The number of alkyl halides is 3. The van der Waals surface area contributed by atoms with Gasteiger partial charge in [0.15, 0.2) is 11.5 Å². The summed E-state index contributed by atoms with van der Waals surface area (Å²) < 4.78 is 49.3. The van der Waals surface area contributed by atoms with Crippen molar-refractivity contribution in [3.63, 3.8) is 0 Å². The van der Waals surface area contributed by atoms with Gasteiger partial charge in [0.1, 0.15) is 13.2 Å². The molecule has 4 rings (SSSR count). The average Bonchev–Trinajstić information content (AvgIpc) is 2.93. The van der Waals surface area contributed by atoms with E-state index in [1.54, 1.807) is 18.2 Å².